The third-order valence-corrected chi connectivity index (χ3v) is 4.38. The van der Waals surface area contributed by atoms with Crippen LogP contribution in [0, 0.1) is 0 Å². The van der Waals surface area contributed by atoms with Crippen molar-refractivity contribution >= 4 is 46.6 Å². The largest absolute Gasteiger partial charge is 0.465 e. The Morgan fingerprint density at radius 1 is 1.21 bits per heavy atom. The van der Waals surface area contributed by atoms with Crippen molar-refractivity contribution in [3.05, 3.63) is 47.2 Å². The zero-order valence-electron chi connectivity index (χ0n) is 12.7. The van der Waals surface area contributed by atoms with Crippen molar-refractivity contribution in [3.8, 4) is 0 Å². The lowest BCUT2D eigenvalue weighted by molar-refractivity contribution is -0.130. The van der Waals surface area contributed by atoms with E-state index in [1.54, 1.807) is 31.2 Å². The summed E-state index contributed by atoms with van der Waals surface area (Å²) in [4.78, 5) is 26.4. The van der Waals surface area contributed by atoms with Gasteiger partial charge in [-0.25, -0.2) is 0 Å². The Bertz CT molecular complexity index is 679. The molecule has 0 N–H and O–H groups in total. The highest BCUT2D eigenvalue weighted by molar-refractivity contribution is 6.69. The van der Waals surface area contributed by atoms with Crippen molar-refractivity contribution in [1.29, 1.82) is 0 Å². The number of carbonyl (C=O) groups excluding carboxylic acids is 2. The van der Waals surface area contributed by atoms with Crippen molar-refractivity contribution in [2.45, 2.75) is 29.5 Å². The molecule has 0 saturated carbocycles. The topological polar surface area (TPSA) is 55.8 Å². The number of rotatable bonds is 3. The molecule has 2 heterocycles. The molecular weight excluding hydrogens is 377 g/mol. The molecule has 2 atom stereocenters. The summed E-state index contributed by atoms with van der Waals surface area (Å²) in [6.45, 7) is 2.18. The van der Waals surface area contributed by atoms with Gasteiger partial charge in [-0.15, -0.1) is 0 Å². The zero-order valence-corrected chi connectivity index (χ0v) is 14.9. The zero-order chi connectivity index (χ0) is 17.5. The molecular formula is C16H14Cl3NO4. The molecule has 3 rings (SSSR count). The van der Waals surface area contributed by atoms with Gasteiger partial charge in [0.1, 0.15) is 5.76 Å². The molecule has 0 bridgehead atoms. The number of amides is 2. The number of benzene rings is 1. The molecule has 1 aromatic carbocycles. The number of nitrogens with zero attached hydrogens (tertiary/aromatic N) is 1. The van der Waals surface area contributed by atoms with Crippen LogP contribution in [0.2, 0.25) is 0 Å². The van der Waals surface area contributed by atoms with Crippen molar-refractivity contribution < 1.29 is 19.1 Å². The van der Waals surface area contributed by atoms with Crippen molar-refractivity contribution in [2.24, 2.45) is 0 Å². The SMILES string of the molecule is CCO[C@H]1C[C@H](N2C(=O)c3ccccc3C2=O)C=C(C(Cl)(Cl)Cl)O1. The fraction of sp³-hybridized carbons (Fsp3) is 0.375. The minimum absolute atomic E-state index is 0.0405. The molecule has 0 radical (unpaired) electrons. The van der Waals surface area contributed by atoms with Gasteiger partial charge in [-0.1, -0.05) is 46.9 Å². The summed E-state index contributed by atoms with van der Waals surface area (Å²) in [7, 11) is 0. The first kappa shape index (κ1) is 17.5. The Morgan fingerprint density at radius 2 is 1.79 bits per heavy atom. The number of carbonyl (C=O) groups is 2. The van der Waals surface area contributed by atoms with Crippen LogP contribution in [-0.2, 0) is 9.47 Å². The van der Waals surface area contributed by atoms with Gasteiger partial charge >= 0.3 is 0 Å². The smallest absolute Gasteiger partial charge is 0.262 e. The molecule has 5 nitrogen and oxygen atoms in total. The maximum absolute atomic E-state index is 12.6. The van der Waals surface area contributed by atoms with Gasteiger partial charge in [0.15, 0.2) is 0 Å². The fourth-order valence-corrected chi connectivity index (χ4v) is 3.13. The van der Waals surface area contributed by atoms with Crippen LogP contribution in [0.3, 0.4) is 0 Å². The first-order chi connectivity index (χ1) is 11.3. The molecule has 0 saturated heterocycles. The summed E-state index contributed by atoms with van der Waals surface area (Å²) in [6.07, 6.45) is 1.05. The highest BCUT2D eigenvalue weighted by Crippen LogP contribution is 2.40. The molecule has 128 valence electrons. The Kier molecular flexibility index (Phi) is 4.80. The molecule has 24 heavy (non-hydrogen) atoms. The van der Waals surface area contributed by atoms with Gasteiger partial charge in [0.25, 0.3) is 11.8 Å². The number of imide groups is 1. The molecule has 2 aliphatic rings. The lowest BCUT2D eigenvalue weighted by atomic mass is 10.1. The number of halogens is 3. The fourth-order valence-electron chi connectivity index (χ4n) is 2.81. The van der Waals surface area contributed by atoms with Crippen LogP contribution in [0.1, 0.15) is 34.1 Å². The summed E-state index contributed by atoms with van der Waals surface area (Å²) in [5.74, 6) is -0.714. The Balaban J connectivity index is 1.96. The average molecular weight is 391 g/mol. The van der Waals surface area contributed by atoms with E-state index in [-0.39, 0.29) is 24.0 Å². The third-order valence-electron chi connectivity index (χ3n) is 3.83. The summed E-state index contributed by atoms with van der Waals surface area (Å²) in [5.41, 5.74) is 0.733. The first-order valence-corrected chi connectivity index (χ1v) is 8.50. The van der Waals surface area contributed by atoms with Crippen LogP contribution in [0.4, 0.5) is 0 Å². The molecule has 0 fully saturated rings. The molecule has 2 amide bonds. The number of fused-ring (bicyclic) bond motifs is 1. The van der Waals surface area contributed by atoms with E-state index in [9.17, 15) is 9.59 Å². The minimum Gasteiger partial charge on any atom is -0.465 e. The van der Waals surface area contributed by atoms with Crippen molar-refractivity contribution in [2.75, 3.05) is 6.61 Å². The second kappa shape index (κ2) is 6.56. The van der Waals surface area contributed by atoms with E-state index in [4.69, 9.17) is 44.3 Å². The predicted octanol–water partition coefficient (Wildman–Crippen LogP) is 3.69. The first-order valence-electron chi connectivity index (χ1n) is 7.37. The molecule has 0 aromatic heterocycles. The maximum Gasteiger partial charge on any atom is 0.262 e. The van der Waals surface area contributed by atoms with Gasteiger partial charge in [-0.2, -0.15) is 0 Å². The van der Waals surface area contributed by atoms with E-state index < -0.39 is 16.1 Å². The quantitative estimate of drug-likeness (QED) is 0.583. The van der Waals surface area contributed by atoms with E-state index in [2.05, 4.69) is 0 Å². The monoisotopic (exact) mass is 389 g/mol. The Hall–Kier alpha value is -1.27. The van der Waals surface area contributed by atoms with Crippen LogP contribution in [0.5, 0.6) is 0 Å². The Morgan fingerprint density at radius 3 is 2.29 bits per heavy atom. The van der Waals surface area contributed by atoms with Gasteiger partial charge in [-0.3, -0.25) is 14.5 Å². The van der Waals surface area contributed by atoms with E-state index in [1.807, 2.05) is 0 Å². The van der Waals surface area contributed by atoms with E-state index in [0.29, 0.717) is 17.7 Å². The molecule has 0 spiro atoms. The molecule has 1 aromatic rings. The van der Waals surface area contributed by atoms with Crippen LogP contribution in [0.25, 0.3) is 0 Å². The summed E-state index contributed by atoms with van der Waals surface area (Å²) in [6, 6.07) is 6.04. The summed E-state index contributed by atoms with van der Waals surface area (Å²) < 4.78 is 9.17. The molecule has 8 heteroatoms. The standard InChI is InChI=1S/C16H14Cl3NO4/c1-2-23-13-8-9(7-12(24-13)16(17,18)19)20-14(21)10-5-3-4-6-11(10)15(20)22/h3-7,9,13H,2,8H2,1H3/t9-,13-/m1/s1. The highest BCUT2D eigenvalue weighted by Gasteiger charge is 2.44. The molecule has 2 aliphatic heterocycles. The van der Waals surface area contributed by atoms with Gasteiger partial charge in [0, 0.05) is 13.0 Å². The van der Waals surface area contributed by atoms with Crippen molar-refractivity contribution in [1.82, 2.24) is 4.90 Å². The number of ether oxygens (including phenoxy) is 2. The second-order valence-electron chi connectivity index (χ2n) is 5.36. The third kappa shape index (κ3) is 3.14. The predicted molar refractivity (Wildman–Crippen MR) is 90.2 cm³/mol. The van der Waals surface area contributed by atoms with Crippen LogP contribution in [0.15, 0.2) is 36.1 Å². The van der Waals surface area contributed by atoms with E-state index in [1.165, 1.54) is 6.08 Å². The van der Waals surface area contributed by atoms with Gasteiger partial charge in [-0.05, 0) is 25.1 Å². The van der Waals surface area contributed by atoms with Crippen molar-refractivity contribution in [3.63, 3.8) is 0 Å². The molecule has 0 unspecified atom stereocenters. The number of alkyl halides is 3. The number of hydrogen-bond acceptors (Lipinski definition) is 4. The van der Waals surface area contributed by atoms with Gasteiger partial charge in [0.2, 0.25) is 10.1 Å². The average Bonchev–Trinajstić information content (AvgIpc) is 2.78. The van der Waals surface area contributed by atoms with Gasteiger partial charge in [0.05, 0.1) is 17.2 Å². The normalized spacial score (nSPS) is 23.8. The number of hydrogen-bond donors (Lipinski definition) is 0. The number of allylic oxidation sites excluding steroid dienone is 1. The Labute approximate surface area is 154 Å². The highest BCUT2D eigenvalue weighted by atomic mass is 35.6. The summed E-state index contributed by atoms with van der Waals surface area (Å²) in [5, 5.41) is 0. The van der Waals surface area contributed by atoms with Gasteiger partial charge < -0.3 is 9.47 Å². The lowest BCUT2D eigenvalue weighted by Crippen LogP contribution is -2.44. The maximum atomic E-state index is 12.6. The van der Waals surface area contributed by atoms with E-state index >= 15 is 0 Å². The van der Waals surface area contributed by atoms with Crippen LogP contribution >= 0.6 is 34.8 Å². The van der Waals surface area contributed by atoms with Crippen LogP contribution in [-0.4, -0.2) is 39.4 Å². The van der Waals surface area contributed by atoms with Crippen LogP contribution < -0.4 is 0 Å². The summed E-state index contributed by atoms with van der Waals surface area (Å²) >= 11 is 17.7. The lowest BCUT2D eigenvalue weighted by Gasteiger charge is -2.34. The molecule has 0 aliphatic carbocycles. The minimum atomic E-state index is -1.81. The second-order valence-corrected chi connectivity index (χ2v) is 7.64. The van der Waals surface area contributed by atoms with E-state index in [0.717, 1.165) is 4.90 Å².